The molecule has 0 aliphatic heterocycles. The summed E-state index contributed by atoms with van der Waals surface area (Å²) in [6.45, 7) is 2.16. The minimum atomic E-state index is 0.121. The van der Waals surface area contributed by atoms with Crippen LogP contribution in [0.3, 0.4) is 0 Å². The molecule has 1 unspecified atom stereocenters. The van der Waals surface area contributed by atoms with E-state index in [0.717, 1.165) is 12.8 Å². The Morgan fingerprint density at radius 3 is 2.62 bits per heavy atom. The molecule has 1 atom stereocenters. The van der Waals surface area contributed by atoms with E-state index in [1.54, 1.807) is 0 Å². The molecule has 2 aromatic carbocycles. The maximum absolute atomic E-state index is 5.51. The summed E-state index contributed by atoms with van der Waals surface area (Å²) >= 11 is 0. The van der Waals surface area contributed by atoms with Gasteiger partial charge in [-0.2, -0.15) is 5.43 Å². The largest absolute Gasteiger partial charge is 0.253 e. The molecule has 2 rings (SSSR count). The van der Waals surface area contributed by atoms with Crippen molar-refractivity contribution in [3.63, 3.8) is 0 Å². The first kappa shape index (κ1) is 11.1. The Labute approximate surface area is 96.4 Å². The Balaban J connectivity index is 2.50. The third kappa shape index (κ3) is 2.08. The molecule has 0 aliphatic rings. The summed E-state index contributed by atoms with van der Waals surface area (Å²) in [5.41, 5.74) is 5.24. The third-order valence-electron chi connectivity index (χ3n) is 2.92. The lowest BCUT2D eigenvalue weighted by atomic mass is 9.96. The van der Waals surface area contributed by atoms with Crippen molar-refractivity contribution in [2.45, 2.75) is 25.8 Å². The van der Waals surface area contributed by atoms with Crippen molar-refractivity contribution >= 4 is 10.8 Å². The fraction of sp³-hybridized carbons (Fsp3) is 0.286. The molecule has 0 saturated carbocycles. The smallest absolute Gasteiger partial charge is 0.0668 e. The highest BCUT2D eigenvalue weighted by Gasteiger charge is 2.12. The highest BCUT2D eigenvalue weighted by Crippen LogP contribution is 2.26. The van der Waals surface area contributed by atoms with E-state index >= 15 is 0 Å². The predicted molar refractivity (Wildman–Crippen MR) is 67.9 cm³/mol. The molecule has 0 spiro atoms. The molecular formula is C14H17N2. The van der Waals surface area contributed by atoms with Gasteiger partial charge in [-0.15, -0.1) is 0 Å². The molecule has 0 amide bonds. The van der Waals surface area contributed by atoms with Crippen LogP contribution in [0.5, 0.6) is 0 Å². The molecule has 2 heteroatoms. The van der Waals surface area contributed by atoms with Gasteiger partial charge in [0.05, 0.1) is 6.04 Å². The lowest BCUT2D eigenvalue weighted by Crippen LogP contribution is -2.20. The molecule has 0 aliphatic carbocycles. The first-order valence-electron chi connectivity index (χ1n) is 5.74. The zero-order chi connectivity index (χ0) is 11.4. The molecule has 0 fully saturated rings. The fourth-order valence-electron chi connectivity index (χ4n) is 2.12. The third-order valence-corrected chi connectivity index (χ3v) is 2.92. The van der Waals surface area contributed by atoms with Crippen LogP contribution in [0.1, 0.15) is 31.4 Å². The van der Waals surface area contributed by atoms with E-state index < -0.39 is 0 Å². The van der Waals surface area contributed by atoms with Crippen LogP contribution in [-0.2, 0) is 0 Å². The second-order valence-corrected chi connectivity index (χ2v) is 4.02. The van der Waals surface area contributed by atoms with Crippen molar-refractivity contribution < 1.29 is 0 Å². The van der Waals surface area contributed by atoms with Crippen molar-refractivity contribution in [1.29, 1.82) is 0 Å². The summed E-state index contributed by atoms with van der Waals surface area (Å²) in [5, 5.41) is 2.52. The van der Waals surface area contributed by atoms with Crippen LogP contribution in [0, 0.1) is 0 Å². The Hall–Kier alpha value is -1.38. The highest BCUT2D eigenvalue weighted by atomic mass is 15.2. The van der Waals surface area contributed by atoms with Gasteiger partial charge in [-0.1, -0.05) is 55.8 Å². The topological polar surface area (TPSA) is 40.1 Å². The molecular weight excluding hydrogens is 196 g/mol. The van der Waals surface area contributed by atoms with Gasteiger partial charge in [0, 0.05) is 0 Å². The molecule has 2 aromatic rings. The van der Waals surface area contributed by atoms with Crippen LogP contribution < -0.4 is 11.3 Å². The Bertz CT molecular complexity index is 460. The summed E-state index contributed by atoms with van der Waals surface area (Å²) in [5.74, 6) is 5.51. The van der Waals surface area contributed by atoms with E-state index in [-0.39, 0.29) is 6.04 Å². The van der Waals surface area contributed by atoms with Gasteiger partial charge < -0.3 is 0 Å². The van der Waals surface area contributed by atoms with Gasteiger partial charge in [0.25, 0.3) is 0 Å². The van der Waals surface area contributed by atoms with E-state index in [1.807, 2.05) is 0 Å². The molecule has 2 N–H and O–H groups in total. The molecule has 16 heavy (non-hydrogen) atoms. The summed E-state index contributed by atoms with van der Waals surface area (Å²) in [6.07, 6.45) is 2.10. The van der Waals surface area contributed by atoms with E-state index in [4.69, 9.17) is 5.84 Å². The van der Waals surface area contributed by atoms with Gasteiger partial charge in [-0.05, 0) is 22.8 Å². The van der Waals surface area contributed by atoms with Gasteiger partial charge in [0.1, 0.15) is 0 Å². The van der Waals surface area contributed by atoms with Crippen molar-refractivity contribution in [1.82, 2.24) is 5.43 Å². The molecule has 83 valence electrons. The predicted octanol–water partition coefficient (Wildman–Crippen LogP) is 3.16. The lowest BCUT2D eigenvalue weighted by molar-refractivity contribution is 0.503. The number of fused-ring (bicyclic) bond motifs is 1. The SMILES string of the molecule is CCCC([N]N)c1cccc2ccccc12. The van der Waals surface area contributed by atoms with Crippen LogP contribution in [0.25, 0.3) is 10.8 Å². The zero-order valence-corrected chi connectivity index (χ0v) is 9.56. The van der Waals surface area contributed by atoms with Gasteiger partial charge in [0.15, 0.2) is 0 Å². The van der Waals surface area contributed by atoms with E-state index in [2.05, 4.69) is 54.8 Å². The van der Waals surface area contributed by atoms with E-state index in [9.17, 15) is 0 Å². The van der Waals surface area contributed by atoms with Gasteiger partial charge in [-0.25, -0.2) is 0 Å². The van der Waals surface area contributed by atoms with E-state index in [1.165, 1.54) is 16.3 Å². The number of benzene rings is 2. The Morgan fingerprint density at radius 1 is 1.12 bits per heavy atom. The van der Waals surface area contributed by atoms with Crippen LogP contribution in [0.4, 0.5) is 0 Å². The highest BCUT2D eigenvalue weighted by molar-refractivity contribution is 5.86. The van der Waals surface area contributed by atoms with E-state index in [0.29, 0.717) is 0 Å². The molecule has 1 radical (unpaired) electrons. The maximum atomic E-state index is 5.51. The number of rotatable bonds is 4. The Morgan fingerprint density at radius 2 is 1.88 bits per heavy atom. The number of nitrogens with two attached hydrogens (primary N) is 1. The minimum absolute atomic E-state index is 0.121. The summed E-state index contributed by atoms with van der Waals surface area (Å²) < 4.78 is 0. The van der Waals surface area contributed by atoms with Crippen molar-refractivity contribution in [3.05, 3.63) is 48.0 Å². The average Bonchev–Trinajstić information content (AvgIpc) is 2.35. The lowest BCUT2D eigenvalue weighted by Gasteiger charge is -2.15. The quantitative estimate of drug-likeness (QED) is 0.615. The number of nitrogens with zero attached hydrogens (tertiary/aromatic N) is 1. The number of hydrogen-bond donors (Lipinski definition) is 1. The van der Waals surface area contributed by atoms with Crippen LogP contribution in [0.15, 0.2) is 42.5 Å². The van der Waals surface area contributed by atoms with Crippen molar-refractivity contribution in [2.24, 2.45) is 5.84 Å². The molecule has 0 bridgehead atoms. The molecule has 2 nitrogen and oxygen atoms in total. The average molecular weight is 213 g/mol. The van der Waals surface area contributed by atoms with Crippen LogP contribution in [-0.4, -0.2) is 0 Å². The van der Waals surface area contributed by atoms with Gasteiger partial charge >= 0.3 is 0 Å². The summed E-state index contributed by atoms with van der Waals surface area (Å²) in [7, 11) is 0. The maximum Gasteiger partial charge on any atom is 0.0668 e. The molecule has 0 saturated heterocycles. The van der Waals surface area contributed by atoms with Crippen molar-refractivity contribution in [3.8, 4) is 0 Å². The minimum Gasteiger partial charge on any atom is -0.253 e. The molecule has 0 heterocycles. The molecule has 0 aromatic heterocycles. The van der Waals surface area contributed by atoms with Crippen LogP contribution >= 0.6 is 0 Å². The normalized spacial score (nSPS) is 12.9. The summed E-state index contributed by atoms with van der Waals surface area (Å²) in [4.78, 5) is 0. The Kier molecular flexibility index (Phi) is 3.54. The first-order chi connectivity index (χ1) is 7.86. The second-order valence-electron chi connectivity index (χ2n) is 4.02. The first-order valence-corrected chi connectivity index (χ1v) is 5.74. The van der Waals surface area contributed by atoms with Crippen LogP contribution in [0.2, 0.25) is 0 Å². The van der Waals surface area contributed by atoms with Gasteiger partial charge in [0.2, 0.25) is 0 Å². The number of hydrogen-bond acceptors (Lipinski definition) is 1. The zero-order valence-electron chi connectivity index (χ0n) is 9.56. The fourth-order valence-corrected chi connectivity index (χ4v) is 2.12. The second kappa shape index (κ2) is 5.10. The van der Waals surface area contributed by atoms with Crippen molar-refractivity contribution in [2.75, 3.05) is 0 Å². The standard InChI is InChI=1S/C14H17N2/c1-2-6-14(16-15)13-10-5-8-11-7-3-4-9-12(11)13/h3-5,7-10,14H,2,6,15H2,1H3. The summed E-state index contributed by atoms with van der Waals surface area (Å²) in [6, 6.07) is 14.8. The monoisotopic (exact) mass is 213 g/mol. The van der Waals surface area contributed by atoms with Gasteiger partial charge in [-0.3, -0.25) is 5.84 Å².